The van der Waals surface area contributed by atoms with E-state index in [0.29, 0.717) is 17.4 Å². The van der Waals surface area contributed by atoms with Crippen LogP contribution < -0.4 is 10.0 Å². The zero-order chi connectivity index (χ0) is 21.9. The molecule has 2 N–H and O–H groups in total. The number of carbonyl (C=O) groups excluding carboxylic acids is 1. The van der Waals surface area contributed by atoms with Gasteiger partial charge in [0.15, 0.2) is 5.82 Å². The van der Waals surface area contributed by atoms with E-state index in [-0.39, 0.29) is 17.9 Å². The number of alkyl halides is 3. The standard InChI is InChI=1S/C19H16F3N3O4S/c1-12-9-17(24-29-12)25-30(27,28)16-10-15(19(20,21)22)8-7-14(16)11-23-18(26)13-5-3-2-4-6-13/h2-10H,11H2,1H3,(H,23,26)(H,24,25). The van der Waals surface area contributed by atoms with Crippen molar-refractivity contribution in [1.29, 1.82) is 0 Å². The van der Waals surface area contributed by atoms with Gasteiger partial charge in [-0.15, -0.1) is 0 Å². The number of halogens is 3. The minimum atomic E-state index is -4.75. The number of benzene rings is 2. The van der Waals surface area contributed by atoms with Crippen molar-refractivity contribution in [2.24, 2.45) is 0 Å². The lowest BCUT2D eigenvalue weighted by Gasteiger charge is -2.15. The average molecular weight is 439 g/mol. The number of nitrogens with zero attached hydrogens (tertiary/aromatic N) is 1. The van der Waals surface area contributed by atoms with Crippen LogP contribution in [0.2, 0.25) is 0 Å². The molecule has 7 nitrogen and oxygen atoms in total. The maximum atomic E-state index is 13.1. The smallest absolute Gasteiger partial charge is 0.360 e. The Morgan fingerprint density at radius 1 is 1.10 bits per heavy atom. The van der Waals surface area contributed by atoms with Gasteiger partial charge in [0.25, 0.3) is 15.9 Å². The van der Waals surface area contributed by atoms with Crippen LogP contribution in [0.1, 0.15) is 27.2 Å². The molecule has 0 saturated carbocycles. The van der Waals surface area contributed by atoms with Crippen LogP contribution in [0.15, 0.2) is 64.0 Å². The summed E-state index contributed by atoms with van der Waals surface area (Å²) >= 11 is 0. The summed E-state index contributed by atoms with van der Waals surface area (Å²) in [5, 5.41) is 5.99. The van der Waals surface area contributed by atoms with Crippen LogP contribution in [0.5, 0.6) is 0 Å². The summed E-state index contributed by atoms with van der Waals surface area (Å²) < 4.78 is 71.8. The fourth-order valence-corrected chi connectivity index (χ4v) is 3.85. The largest absolute Gasteiger partial charge is 0.416 e. The third-order valence-electron chi connectivity index (χ3n) is 4.03. The number of rotatable bonds is 6. The molecule has 1 heterocycles. The van der Waals surface area contributed by atoms with Crippen LogP contribution in [0, 0.1) is 6.92 Å². The molecule has 3 aromatic rings. The lowest BCUT2D eigenvalue weighted by Crippen LogP contribution is -2.25. The molecule has 1 amide bonds. The molecule has 11 heteroatoms. The molecule has 0 bridgehead atoms. The Morgan fingerprint density at radius 2 is 1.80 bits per heavy atom. The number of hydrogen-bond acceptors (Lipinski definition) is 5. The molecule has 30 heavy (non-hydrogen) atoms. The number of hydrogen-bond donors (Lipinski definition) is 2. The number of nitrogens with one attached hydrogen (secondary N) is 2. The first kappa shape index (κ1) is 21.4. The highest BCUT2D eigenvalue weighted by Crippen LogP contribution is 2.32. The fourth-order valence-electron chi connectivity index (χ4n) is 2.60. The van der Waals surface area contributed by atoms with E-state index in [1.54, 1.807) is 30.3 Å². The van der Waals surface area contributed by atoms with Crippen LogP contribution in [0.3, 0.4) is 0 Å². The number of carbonyl (C=O) groups is 1. The normalized spacial score (nSPS) is 11.9. The van der Waals surface area contributed by atoms with Crippen molar-refractivity contribution in [2.75, 3.05) is 4.72 Å². The Kier molecular flexibility index (Phi) is 5.83. The molecule has 0 fully saturated rings. The van der Waals surface area contributed by atoms with Crippen molar-refractivity contribution < 1.29 is 30.9 Å². The number of aromatic nitrogens is 1. The number of aryl methyl sites for hydroxylation is 1. The van der Waals surface area contributed by atoms with Gasteiger partial charge in [0.2, 0.25) is 0 Å². The maximum Gasteiger partial charge on any atom is 0.416 e. The number of amides is 1. The van der Waals surface area contributed by atoms with Crippen molar-refractivity contribution in [1.82, 2.24) is 10.5 Å². The SMILES string of the molecule is Cc1cc(NS(=O)(=O)c2cc(C(F)(F)F)ccc2CNC(=O)c2ccccc2)no1. The van der Waals surface area contributed by atoms with Crippen molar-refractivity contribution in [3.63, 3.8) is 0 Å². The molecule has 0 spiro atoms. The summed E-state index contributed by atoms with van der Waals surface area (Å²) in [5.74, 6) is -0.366. The lowest BCUT2D eigenvalue weighted by atomic mass is 10.1. The summed E-state index contributed by atoms with van der Waals surface area (Å²) in [4.78, 5) is 11.6. The second-order valence-corrected chi connectivity index (χ2v) is 7.95. The van der Waals surface area contributed by atoms with E-state index in [1.807, 2.05) is 0 Å². The van der Waals surface area contributed by atoms with Gasteiger partial charge < -0.3 is 9.84 Å². The molecule has 0 aliphatic heterocycles. The average Bonchev–Trinajstić information content (AvgIpc) is 3.09. The lowest BCUT2D eigenvalue weighted by molar-refractivity contribution is -0.137. The minimum absolute atomic E-state index is 0.0278. The Labute approximate surface area is 169 Å². The van der Waals surface area contributed by atoms with Crippen molar-refractivity contribution in [2.45, 2.75) is 24.5 Å². The van der Waals surface area contributed by atoms with Crippen LogP contribution in [-0.2, 0) is 22.7 Å². The molecule has 0 aliphatic carbocycles. The van der Waals surface area contributed by atoms with Crippen molar-refractivity contribution in [3.8, 4) is 0 Å². The van der Waals surface area contributed by atoms with E-state index in [0.717, 1.165) is 12.1 Å². The minimum Gasteiger partial charge on any atom is -0.360 e. The first-order valence-electron chi connectivity index (χ1n) is 8.56. The highest BCUT2D eigenvalue weighted by atomic mass is 32.2. The molecule has 1 aromatic heterocycles. The van der Waals surface area contributed by atoms with Crippen LogP contribution in [-0.4, -0.2) is 19.5 Å². The fraction of sp³-hybridized carbons (Fsp3) is 0.158. The molecule has 3 rings (SSSR count). The summed E-state index contributed by atoms with van der Waals surface area (Å²) in [6.45, 7) is 1.22. The van der Waals surface area contributed by atoms with Crippen LogP contribution >= 0.6 is 0 Å². The number of sulfonamides is 1. The van der Waals surface area contributed by atoms with Gasteiger partial charge in [-0.25, -0.2) is 8.42 Å². The Bertz CT molecular complexity index is 1160. The van der Waals surface area contributed by atoms with Crippen molar-refractivity contribution in [3.05, 3.63) is 77.0 Å². The van der Waals surface area contributed by atoms with Gasteiger partial charge in [-0.2, -0.15) is 13.2 Å². The van der Waals surface area contributed by atoms with Gasteiger partial charge in [0.1, 0.15) is 5.76 Å². The molecule has 158 valence electrons. The second kappa shape index (κ2) is 8.19. The van der Waals surface area contributed by atoms with Crippen molar-refractivity contribution >= 4 is 21.7 Å². The van der Waals surface area contributed by atoms with E-state index < -0.39 is 32.6 Å². The Hall–Kier alpha value is -3.34. The molecule has 2 aromatic carbocycles. The van der Waals surface area contributed by atoms with E-state index >= 15 is 0 Å². The first-order chi connectivity index (χ1) is 14.1. The second-order valence-electron chi connectivity index (χ2n) is 6.30. The monoisotopic (exact) mass is 439 g/mol. The number of anilines is 1. The van der Waals surface area contributed by atoms with Gasteiger partial charge in [-0.1, -0.05) is 29.4 Å². The van der Waals surface area contributed by atoms with E-state index in [9.17, 15) is 26.4 Å². The zero-order valence-corrected chi connectivity index (χ0v) is 16.3. The molecule has 0 saturated heterocycles. The molecule has 0 radical (unpaired) electrons. The maximum absolute atomic E-state index is 13.1. The van der Waals surface area contributed by atoms with E-state index in [4.69, 9.17) is 4.52 Å². The van der Waals surface area contributed by atoms with Crippen LogP contribution in [0.4, 0.5) is 19.0 Å². The van der Waals surface area contributed by atoms with Gasteiger partial charge >= 0.3 is 6.18 Å². The predicted molar refractivity (Wildman–Crippen MR) is 101 cm³/mol. The van der Waals surface area contributed by atoms with Gasteiger partial charge in [-0.3, -0.25) is 9.52 Å². The Morgan fingerprint density at radius 3 is 2.40 bits per heavy atom. The summed E-state index contributed by atoms with van der Waals surface area (Å²) in [7, 11) is -4.45. The molecule has 0 unspecified atom stereocenters. The zero-order valence-electron chi connectivity index (χ0n) is 15.5. The quantitative estimate of drug-likeness (QED) is 0.610. The first-order valence-corrected chi connectivity index (χ1v) is 10.0. The van der Waals surface area contributed by atoms with E-state index in [1.165, 1.54) is 13.0 Å². The third-order valence-corrected chi connectivity index (χ3v) is 5.46. The molecular weight excluding hydrogens is 423 g/mol. The van der Waals surface area contributed by atoms with E-state index in [2.05, 4.69) is 15.2 Å². The highest BCUT2D eigenvalue weighted by Gasteiger charge is 2.33. The molecular formula is C19H16F3N3O4S. The summed E-state index contributed by atoms with van der Waals surface area (Å²) in [6.07, 6.45) is -4.75. The summed E-state index contributed by atoms with van der Waals surface area (Å²) in [6, 6.07) is 11.7. The predicted octanol–water partition coefficient (Wildman–Crippen LogP) is 3.73. The van der Waals surface area contributed by atoms with Crippen LogP contribution in [0.25, 0.3) is 0 Å². The molecule has 0 aliphatic rings. The summed E-state index contributed by atoms with van der Waals surface area (Å²) in [5.41, 5.74) is -0.845. The van der Waals surface area contributed by atoms with Gasteiger partial charge in [-0.05, 0) is 36.8 Å². The molecule has 0 atom stereocenters. The Balaban J connectivity index is 1.93. The topological polar surface area (TPSA) is 101 Å². The van der Waals surface area contributed by atoms with Gasteiger partial charge in [0.05, 0.1) is 10.5 Å². The highest BCUT2D eigenvalue weighted by molar-refractivity contribution is 7.92. The third kappa shape index (κ3) is 4.98. The van der Waals surface area contributed by atoms with Gasteiger partial charge in [0, 0.05) is 18.2 Å².